The number of thioether (sulfide) groups is 1. The first-order chi connectivity index (χ1) is 19.4. The maximum absolute atomic E-state index is 11.9. The number of hydrogen-bond donors (Lipinski definition) is 6. The van der Waals surface area contributed by atoms with E-state index >= 15 is 0 Å². The van der Waals surface area contributed by atoms with Gasteiger partial charge in [-0.2, -0.15) is 0 Å². The van der Waals surface area contributed by atoms with Crippen molar-refractivity contribution in [3.63, 3.8) is 0 Å². The number of nitrogens with two attached hydrogens (primary N) is 2. The number of nitrogen functional groups attached to an aromatic ring is 1. The van der Waals surface area contributed by atoms with Crippen LogP contribution >= 0.6 is 11.8 Å². The minimum absolute atomic E-state index is 0.0748. The Balaban J connectivity index is 0.000000747. The number of unbranched alkanes of at least 4 members (excludes halogenated alkanes) is 1. The molecule has 4 amide bonds. The highest BCUT2D eigenvalue weighted by Crippen LogP contribution is 2.06. The smallest absolute Gasteiger partial charge is 0.313 e. The molecule has 1 aromatic carbocycles. The number of ether oxygens (including phenoxy) is 4. The van der Waals surface area contributed by atoms with E-state index in [9.17, 15) is 14.4 Å². The van der Waals surface area contributed by atoms with Gasteiger partial charge in [0.1, 0.15) is 0 Å². The molecule has 0 saturated carbocycles. The third-order valence-corrected chi connectivity index (χ3v) is 6.12. The van der Waals surface area contributed by atoms with Crippen LogP contribution in [0.2, 0.25) is 0 Å². The van der Waals surface area contributed by atoms with E-state index in [2.05, 4.69) is 28.2 Å². The number of urea groups is 1. The third kappa shape index (κ3) is 20.3. The van der Waals surface area contributed by atoms with Crippen molar-refractivity contribution in [1.82, 2.24) is 21.3 Å². The lowest BCUT2D eigenvalue weighted by atomic mass is 10.2. The number of amides is 4. The zero-order valence-corrected chi connectivity index (χ0v) is 24.2. The van der Waals surface area contributed by atoms with Crippen LogP contribution in [0.1, 0.15) is 36.5 Å². The zero-order valence-electron chi connectivity index (χ0n) is 23.4. The quantitative estimate of drug-likeness (QED) is 0.0935. The molecule has 1 saturated heterocycles. The van der Waals surface area contributed by atoms with Crippen molar-refractivity contribution in [2.24, 2.45) is 5.73 Å². The molecule has 0 aliphatic carbocycles. The van der Waals surface area contributed by atoms with E-state index < -0.39 is 6.03 Å². The number of carbonyl (C=O) groups excluding carboxylic acids is 3. The Bertz CT molecular complexity index is 813. The minimum atomic E-state index is -0.463. The van der Waals surface area contributed by atoms with Gasteiger partial charge in [-0.1, -0.05) is 13.3 Å². The van der Waals surface area contributed by atoms with Gasteiger partial charge in [-0.25, -0.2) is 4.79 Å². The number of primary amides is 1. The largest absolute Gasteiger partial charge is 0.399 e. The zero-order chi connectivity index (χ0) is 29.3. The summed E-state index contributed by atoms with van der Waals surface area (Å²) in [6, 6.07) is 6.29. The molecule has 14 heteroatoms. The number of anilines is 1. The Morgan fingerprint density at radius 1 is 0.900 bits per heavy atom. The Labute approximate surface area is 241 Å². The number of hydrogen-bond acceptors (Lipinski definition) is 10. The van der Waals surface area contributed by atoms with Crippen LogP contribution in [0, 0.1) is 0 Å². The van der Waals surface area contributed by atoms with E-state index in [1.165, 1.54) is 0 Å². The fourth-order valence-electron chi connectivity index (χ4n) is 3.08. The molecule has 1 aliphatic rings. The second-order valence-corrected chi connectivity index (χ2v) is 9.59. The molecule has 0 spiro atoms. The van der Waals surface area contributed by atoms with Gasteiger partial charge < -0.3 is 46.4 Å². The first-order valence-electron chi connectivity index (χ1n) is 13.5. The van der Waals surface area contributed by atoms with E-state index in [1.807, 2.05) is 0 Å². The number of benzene rings is 1. The average molecular weight is 587 g/mol. The molecular formula is C26H46N6O7S. The van der Waals surface area contributed by atoms with Gasteiger partial charge in [-0.3, -0.25) is 14.9 Å². The molecule has 2 rings (SSSR count). The lowest BCUT2D eigenvalue weighted by Crippen LogP contribution is -2.45. The van der Waals surface area contributed by atoms with Gasteiger partial charge in [0, 0.05) is 42.4 Å². The van der Waals surface area contributed by atoms with Crippen molar-refractivity contribution < 1.29 is 33.3 Å². The predicted octanol–water partition coefficient (Wildman–Crippen LogP) is 0.646. The molecule has 1 fully saturated rings. The standard InChI is InChI=1S/C22H37N3O6.C4H9N3OS/c1-2-3-4-21(26)24-9-11-28-13-15-30-17-18-31-16-14-29-12-10-25-22(27)19-5-7-20(23)8-6-19;5-4(8)7-3-1-9-2-6-3/h5-8H,2-4,9-18,23H2,1H3,(H,24,26)(H,25,27);3,6H,1-2H2,(H3,5,7,8). The van der Waals surface area contributed by atoms with E-state index in [1.54, 1.807) is 36.0 Å². The highest BCUT2D eigenvalue weighted by atomic mass is 32.2. The molecule has 40 heavy (non-hydrogen) atoms. The lowest BCUT2D eigenvalue weighted by molar-refractivity contribution is -0.121. The average Bonchev–Trinajstić information content (AvgIpc) is 3.44. The van der Waals surface area contributed by atoms with Gasteiger partial charge in [0.15, 0.2) is 0 Å². The second kappa shape index (κ2) is 24.2. The van der Waals surface area contributed by atoms with E-state index in [4.69, 9.17) is 30.4 Å². The second-order valence-electron chi connectivity index (χ2n) is 8.56. The Morgan fingerprint density at radius 3 is 1.95 bits per heavy atom. The van der Waals surface area contributed by atoms with Crippen molar-refractivity contribution in [1.29, 1.82) is 0 Å². The van der Waals surface area contributed by atoms with E-state index in [0.29, 0.717) is 83.6 Å². The molecule has 1 heterocycles. The lowest BCUT2D eigenvalue weighted by Gasteiger charge is -2.08. The molecule has 0 aromatic heterocycles. The topological polar surface area (TPSA) is 188 Å². The summed E-state index contributed by atoms with van der Waals surface area (Å²) in [6.45, 7) is 6.74. The maximum Gasteiger partial charge on any atom is 0.313 e. The predicted molar refractivity (Wildman–Crippen MR) is 156 cm³/mol. The summed E-state index contributed by atoms with van der Waals surface area (Å²) >= 11 is 1.74. The fraction of sp³-hybridized carbons (Fsp3) is 0.654. The Kier molecular flexibility index (Phi) is 21.4. The molecule has 1 atom stereocenters. The molecule has 8 N–H and O–H groups in total. The fourth-order valence-corrected chi connectivity index (χ4v) is 3.96. The van der Waals surface area contributed by atoms with Crippen molar-refractivity contribution in [3.05, 3.63) is 29.8 Å². The van der Waals surface area contributed by atoms with E-state index in [0.717, 1.165) is 24.5 Å². The first kappa shape index (κ1) is 35.4. The summed E-state index contributed by atoms with van der Waals surface area (Å²) in [5.74, 6) is 1.72. The molecule has 1 unspecified atom stereocenters. The summed E-state index contributed by atoms with van der Waals surface area (Å²) in [6.07, 6.45) is 2.58. The monoisotopic (exact) mass is 586 g/mol. The maximum atomic E-state index is 11.9. The molecule has 1 aliphatic heterocycles. The van der Waals surface area contributed by atoms with Crippen molar-refractivity contribution in [3.8, 4) is 0 Å². The molecular weight excluding hydrogens is 540 g/mol. The highest BCUT2D eigenvalue weighted by Gasteiger charge is 2.14. The number of carbonyl (C=O) groups is 3. The van der Waals surface area contributed by atoms with Crippen LogP contribution in [0.5, 0.6) is 0 Å². The van der Waals surface area contributed by atoms with E-state index in [-0.39, 0.29) is 18.0 Å². The van der Waals surface area contributed by atoms with Crippen LogP contribution in [0.25, 0.3) is 0 Å². The van der Waals surface area contributed by atoms with Gasteiger partial charge in [0.2, 0.25) is 5.91 Å². The molecule has 0 radical (unpaired) electrons. The third-order valence-electron chi connectivity index (χ3n) is 5.18. The van der Waals surface area contributed by atoms with Crippen LogP contribution in [0.4, 0.5) is 10.5 Å². The summed E-state index contributed by atoms with van der Waals surface area (Å²) < 4.78 is 21.6. The minimum Gasteiger partial charge on any atom is -0.399 e. The number of rotatable bonds is 20. The van der Waals surface area contributed by atoms with Crippen LogP contribution < -0.4 is 32.7 Å². The first-order valence-corrected chi connectivity index (χ1v) is 14.7. The van der Waals surface area contributed by atoms with Gasteiger partial charge in [-0.05, 0) is 30.7 Å². The normalized spacial score (nSPS) is 14.2. The van der Waals surface area contributed by atoms with Crippen molar-refractivity contribution in [2.45, 2.75) is 32.4 Å². The summed E-state index contributed by atoms with van der Waals surface area (Å²) in [7, 11) is 0. The van der Waals surface area contributed by atoms with Crippen LogP contribution in [0.15, 0.2) is 24.3 Å². The van der Waals surface area contributed by atoms with Gasteiger partial charge >= 0.3 is 6.03 Å². The molecule has 0 bridgehead atoms. The van der Waals surface area contributed by atoms with Gasteiger partial charge in [0.05, 0.1) is 59.0 Å². The van der Waals surface area contributed by atoms with Crippen LogP contribution in [0.3, 0.4) is 0 Å². The highest BCUT2D eigenvalue weighted by molar-refractivity contribution is 7.99. The van der Waals surface area contributed by atoms with Gasteiger partial charge in [-0.15, -0.1) is 11.8 Å². The molecule has 228 valence electrons. The Hall–Kier alpha value is -2.62. The van der Waals surface area contributed by atoms with Crippen LogP contribution in [-0.4, -0.2) is 102 Å². The summed E-state index contributed by atoms with van der Waals surface area (Å²) in [5.41, 5.74) is 11.7. The number of nitrogens with one attached hydrogen (secondary N) is 4. The molecule has 13 nitrogen and oxygen atoms in total. The molecule has 1 aromatic rings. The van der Waals surface area contributed by atoms with Crippen molar-refractivity contribution >= 4 is 35.3 Å². The van der Waals surface area contributed by atoms with Gasteiger partial charge in [0.25, 0.3) is 5.91 Å². The van der Waals surface area contributed by atoms with Crippen molar-refractivity contribution in [2.75, 3.05) is 83.3 Å². The summed E-state index contributed by atoms with van der Waals surface area (Å²) in [5, 5.41) is 11.2. The Morgan fingerprint density at radius 2 is 1.45 bits per heavy atom. The summed E-state index contributed by atoms with van der Waals surface area (Å²) in [4.78, 5) is 33.5. The van der Waals surface area contributed by atoms with Crippen LogP contribution in [-0.2, 0) is 23.7 Å². The SMILES string of the molecule is CCCCC(=O)NCCOCCOCCOCCOCCNC(=O)c1ccc(N)cc1.NC(=O)NC1CSCN1.